The smallest absolute Gasteiger partial charge is 0.221 e. The average molecular weight is 455 g/mol. The maximum Gasteiger partial charge on any atom is 0.221 e. The molecule has 0 fully saturated rings. The van der Waals surface area contributed by atoms with E-state index in [2.05, 4.69) is 56.1 Å². The maximum atomic E-state index is 11.6. The van der Waals surface area contributed by atoms with Crippen LogP contribution in [0.2, 0.25) is 0 Å². The Morgan fingerprint density at radius 3 is 2.39 bits per heavy atom. The molecule has 0 radical (unpaired) electrons. The van der Waals surface area contributed by atoms with Crippen LogP contribution in [0.4, 0.5) is 5.69 Å². The van der Waals surface area contributed by atoms with E-state index in [0.29, 0.717) is 0 Å². The summed E-state index contributed by atoms with van der Waals surface area (Å²) >= 11 is 1.59. The summed E-state index contributed by atoms with van der Waals surface area (Å²) in [5.41, 5.74) is 13.0. The van der Waals surface area contributed by atoms with E-state index in [9.17, 15) is 4.79 Å². The molecule has 144 valence electrons. The van der Waals surface area contributed by atoms with Gasteiger partial charge < -0.3 is 22.7 Å². The first-order valence-corrected chi connectivity index (χ1v) is 9.89. The zero-order valence-electron chi connectivity index (χ0n) is 16.2. The molecule has 0 saturated carbocycles. The summed E-state index contributed by atoms with van der Waals surface area (Å²) in [6, 6.07) is 18.0. The third-order valence-corrected chi connectivity index (χ3v) is 6.01. The number of aromatic amines is 1. The van der Waals surface area contributed by atoms with E-state index in [4.69, 9.17) is 5.73 Å². The number of nitrogen functional groups attached to an aromatic ring is 1. The number of hydrogen-bond acceptors (Lipinski definition) is 3. The number of rotatable bonds is 2. The van der Waals surface area contributed by atoms with Crippen LogP contribution < -0.4 is 33.1 Å². The monoisotopic (exact) mass is 454 g/mol. The van der Waals surface area contributed by atoms with Crippen molar-refractivity contribution in [3.63, 3.8) is 0 Å². The third-order valence-electron chi connectivity index (χ3n) is 4.90. The second kappa shape index (κ2) is 7.64. The Balaban J connectivity index is 0.00000225. The minimum absolute atomic E-state index is 0. The molecule has 28 heavy (non-hydrogen) atoms. The number of nitrogens with one attached hydrogen (secondary N) is 1. The van der Waals surface area contributed by atoms with Crippen LogP contribution in [0.5, 0.6) is 0 Å². The fourth-order valence-corrected chi connectivity index (χ4v) is 4.32. The summed E-state index contributed by atoms with van der Waals surface area (Å²) in [5, 5.41) is 0. The van der Waals surface area contributed by atoms with E-state index in [1.54, 1.807) is 23.5 Å². The molecule has 1 aliphatic heterocycles. The first-order valence-electron chi connectivity index (χ1n) is 9.07. The van der Waals surface area contributed by atoms with Gasteiger partial charge in [-0.1, -0.05) is 45.0 Å². The number of H-pyrrole nitrogens is 1. The molecule has 1 heterocycles. The van der Waals surface area contributed by atoms with Crippen molar-refractivity contribution in [3.8, 4) is 10.6 Å². The van der Waals surface area contributed by atoms with Crippen molar-refractivity contribution in [2.75, 3.05) is 5.73 Å². The topological polar surface area (TPSA) is 57.2 Å². The van der Waals surface area contributed by atoms with Crippen molar-refractivity contribution in [1.29, 1.82) is 0 Å². The van der Waals surface area contributed by atoms with E-state index in [0.717, 1.165) is 38.5 Å². The number of fused-ring (bicyclic) bond motifs is 2. The lowest BCUT2D eigenvalue weighted by Gasteiger charge is -2.19. The van der Waals surface area contributed by atoms with Crippen LogP contribution in [0.15, 0.2) is 59.4 Å². The number of hydrogen-bond donors (Lipinski definition) is 1. The number of benzene rings is 3. The molecule has 0 atom stereocenters. The van der Waals surface area contributed by atoms with Crippen molar-refractivity contribution < 1.29 is 22.0 Å². The van der Waals surface area contributed by atoms with Crippen LogP contribution in [0.25, 0.3) is 20.8 Å². The molecule has 0 amide bonds. The highest BCUT2D eigenvalue weighted by Gasteiger charge is 2.16. The van der Waals surface area contributed by atoms with Crippen molar-refractivity contribution >= 4 is 27.2 Å². The molecule has 0 saturated heterocycles. The zero-order valence-corrected chi connectivity index (χ0v) is 18.6. The summed E-state index contributed by atoms with van der Waals surface area (Å²) in [6.07, 6.45) is 0.794. The first-order chi connectivity index (χ1) is 12.8. The van der Waals surface area contributed by atoms with Crippen LogP contribution >= 0.6 is 11.3 Å². The molecule has 4 rings (SSSR count). The molecule has 5 heteroatoms. The molecule has 0 bridgehead atoms. The minimum atomic E-state index is 0. The molecular weight excluding hydrogens is 432 g/mol. The molecule has 1 aliphatic carbocycles. The van der Waals surface area contributed by atoms with E-state index in [-0.39, 0.29) is 27.8 Å². The summed E-state index contributed by atoms with van der Waals surface area (Å²) in [4.78, 5) is 16.0. The van der Waals surface area contributed by atoms with Gasteiger partial charge in [-0.2, -0.15) is 0 Å². The predicted octanol–water partition coefficient (Wildman–Crippen LogP) is 1.65. The largest absolute Gasteiger partial charge is 1.00 e. The standard InChI is InChI=1S/C23H22N2OS.BrH/c1-23(2,3)16-6-4-14(5-7-16)10-15-11-20-22(13-18(15)24)27-21-12-17(26)8-9-19(21)25-20;/h4-9,11-13H,10,24H2,1-3H3;1H. The van der Waals surface area contributed by atoms with Crippen LogP contribution in [0.3, 0.4) is 0 Å². The molecule has 2 aromatic rings. The summed E-state index contributed by atoms with van der Waals surface area (Å²) in [6.45, 7) is 6.67. The molecule has 0 spiro atoms. The summed E-state index contributed by atoms with van der Waals surface area (Å²) < 4.78 is 1.05. The molecule has 0 aromatic heterocycles. The predicted molar refractivity (Wildman–Crippen MR) is 114 cm³/mol. The Labute approximate surface area is 179 Å². The van der Waals surface area contributed by atoms with Gasteiger partial charge in [0, 0.05) is 23.9 Å². The Kier molecular flexibility index (Phi) is 5.60. The van der Waals surface area contributed by atoms with Gasteiger partial charge in [0.25, 0.3) is 0 Å². The maximum absolute atomic E-state index is 11.6. The molecule has 2 aromatic carbocycles. The van der Waals surface area contributed by atoms with Crippen molar-refractivity contribution in [2.24, 2.45) is 0 Å². The van der Waals surface area contributed by atoms with Gasteiger partial charge in [-0.3, -0.25) is 4.79 Å². The van der Waals surface area contributed by atoms with Crippen molar-refractivity contribution in [1.82, 2.24) is 0 Å². The van der Waals surface area contributed by atoms with Crippen LogP contribution in [0, 0.1) is 0 Å². The third kappa shape index (κ3) is 4.10. The van der Waals surface area contributed by atoms with Crippen LogP contribution in [-0.2, 0) is 11.8 Å². The van der Waals surface area contributed by atoms with Gasteiger partial charge in [0.15, 0.2) is 5.43 Å². The van der Waals surface area contributed by atoms with Gasteiger partial charge in [-0.15, -0.1) is 11.3 Å². The molecule has 0 unspecified atom stereocenters. The minimum Gasteiger partial charge on any atom is -1.00 e. The molecule has 3 nitrogen and oxygen atoms in total. The lowest BCUT2D eigenvalue weighted by atomic mass is 9.86. The lowest BCUT2D eigenvalue weighted by molar-refractivity contribution is -0.330. The number of anilines is 1. The van der Waals surface area contributed by atoms with Gasteiger partial charge in [0.1, 0.15) is 9.58 Å². The highest BCUT2D eigenvalue weighted by molar-refractivity contribution is 7.21. The second-order valence-electron chi connectivity index (χ2n) is 8.06. The van der Waals surface area contributed by atoms with E-state index in [1.165, 1.54) is 11.1 Å². The lowest BCUT2D eigenvalue weighted by Crippen LogP contribution is -3.00. The van der Waals surface area contributed by atoms with E-state index >= 15 is 0 Å². The van der Waals surface area contributed by atoms with Gasteiger partial charge in [0.2, 0.25) is 11.2 Å². The Bertz CT molecular complexity index is 1160. The van der Waals surface area contributed by atoms with Crippen molar-refractivity contribution in [2.45, 2.75) is 32.6 Å². The molecule has 2 aliphatic rings. The molecular formula is C23H23BrN2OS. The van der Waals surface area contributed by atoms with E-state index in [1.807, 2.05) is 12.1 Å². The highest BCUT2D eigenvalue weighted by atomic mass is 79.9. The normalized spacial score (nSPS) is 11.5. The number of halogens is 1. The fraction of sp³-hybridized carbons (Fsp3) is 0.217. The van der Waals surface area contributed by atoms with Crippen LogP contribution in [-0.4, -0.2) is 0 Å². The van der Waals surface area contributed by atoms with Gasteiger partial charge >= 0.3 is 0 Å². The fourth-order valence-electron chi connectivity index (χ4n) is 3.27. The Morgan fingerprint density at radius 1 is 1.00 bits per heavy atom. The zero-order chi connectivity index (χ0) is 19.2. The van der Waals surface area contributed by atoms with E-state index < -0.39 is 0 Å². The van der Waals surface area contributed by atoms with Gasteiger partial charge in [-0.25, -0.2) is 4.98 Å². The summed E-state index contributed by atoms with van der Waals surface area (Å²) in [5.74, 6) is 0. The SMILES string of the molecule is CC(C)(C)c1ccc(Cc2cc3[nH+]c4ccc(=O)cc-4sc3cc2N)cc1.[Br-]. The average Bonchev–Trinajstić information content (AvgIpc) is 2.60. The number of nitrogens with two attached hydrogens (primary N) is 1. The summed E-state index contributed by atoms with van der Waals surface area (Å²) in [7, 11) is 0. The Hall–Kier alpha value is -2.24. The van der Waals surface area contributed by atoms with Gasteiger partial charge in [0.05, 0.1) is 0 Å². The van der Waals surface area contributed by atoms with Crippen molar-refractivity contribution in [3.05, 3.63) is 81.5 Å². The number of aromatic nitrogens is 1. The highest BCUT2D eigenvalue weighted by Crippen LogP contribution is 2.30. The first kappa shape index (κ1) is 20.5. The van der Waals surface area contributed by atoms with Gasteiger partial charge in [-0.05, 0) is 40.7 Å². The van der Waals surface area contributed by atoms with Crippen LogP contribution in [0.1, 0.15) is 37.5 Å². The Morgan fingerprint density at radius 2 is 1.71 bits per heavy atom. The quantitative estimate of drug-likeness (QED) is 0.369. The molecule has 3 N–H and O–H groups in total. The second-order valence-corrected chi connectivity index (χ2v) is 9.14.